The third-order valence-electron chi connectivity index (χ3n) is 6.41. The van der Waals surface area contributed by atoms with Crippen molar-refractivity contribution in [3.05, 3.63) is 95.6 Å². The minimum absolute atomic E-state index is 0.495. The molecule has 3 rings (SSSR count). The fraction of sp³-hybridized carbons (Fsp3) is 0.429. The number of benzene rings is 2. The first kappa shape index (κ1) is 33.3. The fourth-order valence-corrected chi connectivity index (χ4v) is 4.34. The van der Waals surface area contributed by atoms with Gasteiger partial charge in [0, 0.05) is 11.1 Å². The van der Waals surface area contributed by atoms with Gasteiger partial charge in [0.05, 0.1) is 66.1 Å². The van der Waals surface area contributed by atoms with Crippen LogP contribution in [0.2, 0.25) is 0 Å². The van der Waals surface area contributed by atoms with Crippen molar-refractivity contribution in [1.82, 2.24) is 0 Å². The summed E-state index contributed by atoms with van der Waals surface area (Å²) in [6.45, 7) is 12.0. The highest BCUT2D eigenvalue weighted by Gasteiger charge is 2.08. The van der Waals surface area contributed by atoms with E-state index in [0.29, 0.717) is 79.3 Å². The summed E-state index contributed by atoms with van der Waals surface area (Å²) < 4.78 is 39.8. The molecular formula is C35H46O7. The largest absolute Gasteiger partial charge is 0.491 e. The Kier molecular flexibility index (Phi) is 17.0. The maximum atomic E-state index is 5.94. The molecule has 0 unspecified atom stereocenters. The molecule has 2 aromatic rings. The highest BCUT2D eigenvalue weighted by Crippen LogP contribution is 2.26. The van der Waals surface area contributed by atoms with Crippen molar-refractivity contribution < 1.29 is 33.2 Å². The lowest BCUT2D eigenvalue weighted by atomic mass is 10.0. The van der Waals surface area contributed by atoms with Crippen LogP contribution in [0.25, 0.3) is 12.2 Å². The van der Waals surface area contributed by atoms with Crippen molar-refractivity contribution in [2.45, 2.75) is 19.8 Å². The van der Waals surface area contributed by atoms with Crippen molar-refractivity contribution in [1.29, 1.82) is 0 Å². The van der Waals surface area contributed by atoms with Gasteiger partial charge >= 0.3 is 0 Å². The lowest BCUT2D eigenvalue weighted by molar-refractivity contribution is -0.0141. The molecule has 1 aliphatic rings. The number of fused-ring (bicyclic) bond motifs is 1. The van der Waals surface area contributed by atoms with E-state index in [1.54, 1.807) is 6.08 Å². The summed E-state index contributed by atoms with van der Waals surface area (Å²) in [6.07, 6.45) is 15.9. The third kappa shape index (κ3) is 12.8. The van der Waals surface area contributed by atoms with Gasteiger partial charge in [-0.05, 0) is 36.1 Å². The molecule has 0 heterocycles. The molecule has 0 spiro atoms. The predicted octanol–water partition coefficient (Wildman–Crippen LogP) is 6.11. The van der Waals surface area contributed by atoms with Crippen LogP contribution >= 0.6 is 0 Å². The van der Waals surface area contributed by atoms with E-state index in [4.69, 9.17) is 33.2 Å². The highest BCUT2D eigenvalue weighted by atomic mass is 16.6. The van der Waals surface area contributed by atoms with Crippen LogP contribution < -0.4 is 9.47 Å². The summed E-state index contributed by atoms with van der Waals surface area (Å²) >= 11 is 0. The number of rotatable bonds is 23. The van der Waals surface area contributed by atoms with E-state index in [1.807, 2.05) is 36.4 Å². The minimum Gasteiger partial charge on any atom is -0.491 e. The van der Waals surface area contributed by atoms with Crippen molar-refractivity contribution in [3.63, 3.8) is 0 Å². The fourth-order valence-electron chi connectivity index (χ4n) is 4.34. The summed E-state index contributed by atoms with van der Waals surface area (Å²) in [4.78, 5) is 0. The normalized spacial score (nSPS) is 12.4. The second-order valence-corrected chi connectivity index (χ2v) is 9.35. The van der Waals surface area contributed by atoms with Gasteiger partial charge in [0.1, 0.15) is 24.7 Å². The predicted molar refractivity (Wildman–Crippen MR) is 168 cm³/mol. The molecule has 0 amide bonds. The lowest BCUT2D eigenvalue weighted by Gasteiger charge is -2.13. The van der Waals surface area contributed by atoms with Crippen LogP contribution in [-0.4, -0.2) is 79.3 Å². The molecule has 42 heavy (non-hydrogen) atoms. The van der Waals surface area contributed by atoms with E-state index >= 15 is 0 Å². The summed E-state index contributed by atoms with van der Waals surface area (Å²) in [5, 5.41) is 0. The average molecular weight is 579 g/mol. The number of hydrogen-bond donors (Lipinski definition) is 0. The molecule has 0 radical (unpaired) electrons. The molecule has 0 saturated carbocycles. The average Bonchev–Trinajstić information content (AvgIpc) is 3.27. The number of ether oxygens (including phenoxy) is 7. The zero-order valence-corrected chi connectivity index (χ0v) is 25.0. The first-order valence-electron chi connectivity index (χ1n) is 14.8. The monoisotopic (exact) mass is 578 g/mol. The second-order valence-electron chi connectivity index (χ2n) is 9.35. The van der Waals surface area contributed by atoms with Crippen LogP contribution in [0.15, 0.2) is 73.4 Å². The van der Waals surface area contributed by atoms with E-state index in [-0.39, 0.29) is 0 Å². The van der Waals surface area contributed by atoms with Gasteiger partial charge in [0.25, 0.3) is 0 Å². The van der Waals surface area contributed by atoms with Gasteiger partial charge in [-0.25, -0.2) is 0 Å². The van der Waals surface area contributed by atoms with Gasteiger partial charge in [-0.15, -0.1) is 0 Å². The molecule has 2 aromatic carbocycles. The Bertz CT molecular complexity index is 1120. The van der Waals surface area contributed by atoms with Crippen molar-refractivity contribution >= 4 is 12.2 Å². The second kappa shape index (κ2) is 21.5. The standard InChI is InChI=1S/C35H46O7/c1-3-5-11-30-13-9-16-34(32(30)4-2)41-28-26-39-24-22-37-20-18-36-19-21-38-23-25-40-27-29-42-35-17-10-14-31-12-7-6-8-15-33(31)35/h3,5-14,16-17H,1,4,15,18-29H2,2H3/b11-5-. The Hall–Kier alpha value is -3.20. The molecule has 0 aromatic heterocycles. The van der Waals surface area contributed by atoms with E-state index in [2.05, 4.69) is 49.9 Å². The summed E-state index contributed by atoms with van der Waals surface area (Å²) in [6, 6.07) is 12.2. The minimum atomic E-state index is 0.495. The molecule has 1 aliphatic carbocycles. The molecule has 0 bridgehead atoms. The van der Waals surface area contributed by atoms with Gasteiger partial charge in [-0.1, -0.05) is 80.3 Å². The Morgan fingerprint density at radius 2 is 1.21 bits per heavy atom. The summed E-state index contributed by atoms with van der Waals surface area (Å²) in [7, 11) is 0. The van der Waals surface area contributed by atoms with Crippen LogP contribution in [0.5, 0.6) is 11.5 Å². The molecule has 0 saturated heterocycles. The van der Waals surface area contributed by atoms with Gasteiger partial charge in [-0.3, -0.25) is 0 Å². The summed E-state index contributed by atoms with van der Waals surface area (Å²) in [5.74, 6) is 1.82. The van der Waals surface area contributed by atoms with Crippen LogP contribution in [-0.2, 0) is 36.5 Å². The Balaban J connectivity index is 1.07. The van der Waals surface area contributed by atoms with Gasteiger partial charge < -0.3 is 33.2 Å². The van der Waals surface area contributed by atoms with Crippen LogP contribution in [0.3, 0.4) is 0 Å². The first-order chi connectivity index (χ1) is 20.8. The van der Waals surface area contributed by atoms with E-state index < -0.39 is 0 Å². The van der Waals surface area contributed by atoms with E-state index in [9.17, 15) is 0 Å². The quantitative estimate of drug-likeness (QED) is 0.116. The molecule has 7 nitrogen and oxygen atoms in total. The Morgan fingerprint density at radius 3 is 1.81 bits per heavy atom. The molecule has 0 fully saturated rings. The van der Waals surface area contributed by atoms with Crippen LogP contribution in [0.1, 0.15) is 29.2 Å². The maximum Gasteiger partial charge on any atom is 0.123 e. The first-order valence-corrected chi connectivity index (χ1v) is 14.8. The van der Waals surface area contributed by atoms with Crippen molar-refractivity contribution in [2.24, 2.45) is 0 Å². The van der Waals surface area contributed by atoms with Crippen LogP contribution in [0.4, 0.5) is 0 Å². The summed E-state index contributed by atoms with van der Waals surface area (Å²) in [5.41, 5.74) is 4.75. The zero-order chi connectivity index (χ0) is 29.5. The zero-order valence-electron chi connectivity index (χ0n) is 25.0. The van der Waals surface area contributed by atoms with E-state index in [1.165, 1.54) is 16.7 Å². The SMILES string of the molecule is C=C/C=C\c1cccc(OCCOCCOCCOCCOCCOCCOc2cccc3c2CC=CC=C3)c1CC. The van der Waals surface area contributed by atoms with Gasteiger partial charge in [0.15, 0.2) is 0 Å². The number of allylic oxidation sites excluding steroid dienone is 5. The van der Waals surface area contributed by atoms with Crippen molar-refractivity contribution in [2.75, 3.05) is 79.3 Å². The van der Waals surface area contributed by atoms with E-state index in [0.717, 1.165) is 29.9 Å². The maximum absolute atomic E-state index is 5.94. The van der Waals surface area contributed by atoms with Gasteiger partial charge in [0.2, 0.25) is 0 Å². The topological polar surface area (TPSA) is 64.6 Å². The van der Waals surface area contributed by atoms with Crippen LogP contribution in [0, 0.1) is 0 Å². The molecule has 0 aliphatic heterocycles. The Morgan fingerprint density at radius 1 is 0.667 bits per heavy atom. The molecule has 228 valence electrons. The molecule has 0 atom stereocenters. The number of hydrogen-bond acceptors (Lipinski definition) is 7. The van der Waals surface area contributed by atoms with Crippen molar-refractivity contribution in [3.8, 4) is 11.5 Å². The lowest BCUT2D eigenvalue weighted by Crippen LogP contribution is -2.15. The molecular weight excluding hydrogens is 532 g/mol. The van der Waals surface area contributed by atoms with Gasteiger partial charge in [-0.2, -0.15) is 0 Å². The smallest absolute Gasteiger partial charge is 0.123 e. The highest BCUT2D eigenvalue weighted by molar-refractivity contribution is 5.61. The molecule has 7 heteroatoms. The Labute approximate surface area is 251 Å². The molecule has 0 N–H and O–H groups in total. The third-order valence-corrected chi connectivity index (χ3v) is 6.41.